The van der Waals surface area contributed by atoms with Crippen LogP contribution in [0.1, 0.15) is 10.4 Å². The van der Waals surface area contributed by atoms with Crippen LogP contribution in [0.3, 0.4) is 0 Å². The first kappa shape index (κ1) is 12.9. The normalized spacial score (nSPS) is 10.5. The lowest BCUT2D eigenvalue weighted by Gasteiger charge is -2.10. The van der Waals surface area contributed by atoms with Crippen LogP contribution in [0.15, 0.2) is 54.7 Å². The van der Waals surface area contributed by atoms with Gasteiger partial charge < -0.3 is 16.8 Å². The minimum absolute atomic E-state index is 0.267. The Bertz CT molecular complexity index is 829. The number of nitrogens with zero attached hydrogens (tertiary/aromatic N) is 1. The molecule has 2 aromatic carbocycles. The van der Waals surface area contributed by atoms with E-state index in [0.29, 0.717) is 11.5 Å². The quantitative estimate of drug-likeness (QED) is 0.686. The van der Waals surface area contributed by atoms with Gasteiger partial charge in [-0.2, -0.15) is 0 Å². The zero-order valence-corrected chi connectivity index (χ0v) is 11.2. The first-order valence-electron chi connectivity index (χ1n) is 6.44. The molecule has 0 radical (unpaired) electrons. The van der Waals surface area contributed by atoms with Crippen molar-refractivity contribution in [1.29, 1.82) is 0 Å². The molecule has 1 amide bonds. The summed E-state index contributed by atoms with van der Waals surface area (Å²) in [5, 5.41) is 5.34. The predicted octanol–water partition coefficient (Wildman–Crippen LogP) is 2.66. The number of nitrogens with two attached hydrogens (primary N) is 2. The van der Waals surface area contributed by atoms with Crippen molar-refractivity contribution in [3.63, 3.8) is 0 Å². The summed E-state index contributed by atoms with van der Waals surface area (Å²) in [4.78, 5) is 15.6. The van der Waals surface area contributed by atoms with Gasteiger partial charge in [0.2, 0.25) is 0 Å². The van der Waals surface area contributed by atoms with Crippen molar-refractivity contribution in [2.75, 3.05) is 11.1 Å². The number of primary amides is 1. The van der Waals surface area contributed by atoms with E-state index in [9.17, 15) is 4.79 Å². The summed E-state index contributed by atoms with van der Waals surface area (Å²) in [5.74, 6) is -0.176. The molecule has 1 aromatic heterocycles. The minimum atomic E-state index is -0.571. The number of pyridine rings is 1. The molecule has 5 heteroatoms. The van der Waals surface area contributed by atoms with Gasteiger partial charge >= 0.3 is 0 Å². The highest BCUT2D eigenvalue weighted by Crippen LogP contribution is 2.23. The average Bonchev–Trinajstić information content (AvgIpc) is 2.49. The van der Waals surface area contributed by atoms with Gasteiger partial charge in [0.15, 0.2) is 0 Å². The Balaban J connectivity index is 2.00. The Hall–Kier alpha value is -3.08. The summed E-state index contributed by atoms with van der Waals surface area (Å²) < 4.78 is 0. The number of carbonyl (C=O) groups is 1. The Morgan fingerprint density at radius 3 is 2.57 bits per heavy atom. The molecule has 0 fully saturated rings. The molecular weight excluding hydrogens is 264 g/mol. The van der Waals surface area contributed by atoms with Crippen molar-refractivity contribution < 1.29 is 4.79 Å². The Kier molecular flexibility index (Phi) is 3.16. The van der Waals surface area contributed by atoms with Crippen molar-refractivity contribution >= 4 is 33.9 Å². The number of rotatable bonds is 3. The molecule has 3 aromatic rings. The van der Waals surface area contributed by atoms with Crippen LogP contribution in [0, 0.1) is 0 Å². The number of nitrogens with one attached hydrogen (secondary N) is 1. The number of hydrogen-bond acceptors (Lipinski definition) is 4. The highest BCUT2D eigenvalue weighted by molar-refractivity contribution is 5.99. The monoisotopic (exact) mass is 278 g/mol. The first-order valence-corrected chi connectivity index (χ1v) is 6.44. The highest BCUT2D eigenvalue weighted by atomic mass is 16.1. The van der Waals surface area contributed by atoms with E-state index in [-0.39, 0.29) is 5.56 Å². The topological polar surface area (TPSA) is 94.0 Å². The van der Waals surface area contributed by atoms with Crippen molar-refractivity contribution in [2.45, 2.75) is 0 Å². The van der Waals surface area contributed by atoms with Gasteiger partial charge in [-0.25, -0.2) is 4.98 Å². The van der Waals surface area contributed by atoms with Crippen LogP contribution in [-0.4, -0.2) is 10.9 Å². The maximum absolute atomic E-state index is 11.5. The Morgan fingerprint density at radius 2 is 1.81 bits per heavy atom. The number of nitrogen functional groups attached to an aromatic ring is 1. The van der Waals surface area contributed by atoms with Crippen LogP contribution >= 0.6 is 0 Å². The molecule has 104 valence electrons. The van der Waals surface area contributed by atoms with Crippen molar-refractivity contribution in [1.82, 2.24) is 4.98 Å². The van der Waals surface area contributed by atoms with Gasteiger partial charge in [0, 0.05) is 5.69 Å². The van der Waals surface area contributed by atoms with Gasteiger partial charge in [0.05, 0.1) is 17.4 Å². The molecule has 0 unspecified atom stereocenters. The molecule has 5 N–H and O–H groups in total. The fourth-order valence-corrected chi connectivity index (χ4v) is 2.17. The molecule has 0 aliphatic rings. The largest absolute Gasteiger partial charge is 0.397 e. The summed E-state index contributed by atoms with van der Waals surface area (Å²) in [6, 6.07) is 15.4. The number of anilines is 3. The summed E-state index contributed by atoms with van der Waals surface area (Å²) in [7, 11) is 0. The first-order chi connectivity index (χ1) is 10.1. The third-order valence-corrected chi connectivity index (χ3v) is 3.19. The third-order valence-electron chi connectivity index (χ3n) is 3.19. The fraction of sp³-hybridized carbons (Fsp3) is 0. The zero-order valence-electron chi connectivity index (χ0n) is 11.2. The molecule has 0 atom stereocenters. The lowest BCUT2D eigenvalue weighted by Crippen LogP contribution is -2.14. The number of benzene rings is 2. The third kappa shape index (κ3) is 2.62. The van der Waals surface area contributed by atoms with Crippen LogP contribution in [0.5, 0.6) is 0 Å². The lowest BCUT2D eigenvalue weighted by molar-refractivity contribution is 0.100. The maximum Gasteiger partial charge on any atom is 0.252 e. The molecule has 0 bridgehead atoms. The standard InChI is InChI=1S/C16H14N4O/c17-12-8-14(15(18)21)16(19-9-12)20-13-6-5-10-3-1-2-4-11(10)7-13/h1-9H,17H2,(H2,18,21)(H,19,20). The van der Waals surface area contributed by atoms with Gasteiger partial charge in [-0.3, -0.25) is 4.79 Å². The number of aromatic nitrogens is 1. The molecule has 0 aliphatic carbocycles. The molecule has 0 aliphatic heterocycles. The van der Waals surface area contributed by atoms with E-state index in [1.165, 1.54) is 12.3 Å². The number of fused-ring (bicyclic) bond motifs is 1. The van der Waals surface area contributed by atoms with Crippen molar-refractivity contribution in [2.24, 2.45) is 5.73 Å². The number of amides is 1. The van der Waals surface area contributed by atoms with Gasteiger partial charge in [-0.1, -0.05) is 30.3 Å². The van der Waals surface area contributed by atoms with E-state index in [1.807, 2.05) is 42.5 Å². The van der Waals surface area contributed by atoms with Crippen LogP contribution in [0.4, 0.5) is 17.2 Å². The molecular formula is C16H14N4O. The second-order valence-corrected chi connectivity index (χ2v) is 4.72. The van der Waals surface area contributed by atoms with Gasteiger partial charge in [0.25, 0.3) is 5.91 Å². The van der Waals surface area contributed by atoms with Crippen LogP contribution in [0.2, 0.25) is 0 Å². The van der Waals surface area contributed by atoms with E-state index in [1.54, 1.807) is 0 Å². The molecule has 0 saturated carbocycles. The van der Waals surface area contributed by atoms with E-state index in [0.717, 1.165) is 16.5 Å². The molecule has 5 nitrogen and oxygen atoms in total. The van der Waals surface area contributed by atoms with E-state index in [2.05, 4.69) is 10.3 Å². The van der Waals surface area contributed by atoms with Gasteiger partial charge in [-0.15, -0.1) is 0 Å². The molecule has 1 heterocycles. The number of hydrogen-bond donors (Lipinski definition) is 3. The highest BCUT2D eigenvalue weighted by Gasteiger charge is 2.10. The Labute approximate surface area is 121 Å². The predicted molar refractivity (Wildman–Crippen MR) is 84.4 cm³/mol. The second-order valence-electron chi connectivity index (χ2n) is 4.72. The Morgan fingerprint density at radius 1 is 1.05 bits per heavy atom. The minimum Gasteiger partial charge on any atom is -0.397 e. The second kappa shape index (κ2) is 5.13. The SMILES string of the molecule is NC(=O)c1cc(N)cnc1Nc1ccc2ccccc2c1. The van der Waals surface area contributed by atoms with Crippen LogP contribution < -0.4 is 16.8 Å². The molecule has 0 spiro atoms. The average molecular weight is 278 g/mol. The molecule has 21 heavy (non-hydrogen) atoms. The van der Waals surface area contributed by atoms with Crippen molar-refractivity contribution in [3.05, 3.63) is 60.3 Å². The van der Waals surface area contributed by atoms with Crippen LogP contribution in [0.25, 0.3) is 10.8 Å². The zero-order chi connectivity index (χ0) is 14.8. The van der Waals surface area contributed by atoms with Gasteiger partial charge in [0.1, 0.15) is 5.82 Å². The summed E-state index contributed by atoms with van der Waals surface area (Å²) in [6.45, 7) is 0. The maximum atomic E-state index is 11.5. The summed E-state index contributed by atoms with van der Waals surface area (Å²) in [6.07, 6.45) is 1.48. The van der Waals surface area contributed by atoms with E-state index >= 15 is 0 Å². The van der Waals surface area contributed by atoms with E-state index < -0.39 is 5.91 Å². The molecule has 0 saturated heterocycles. The van der Waals surface area contributed by atoms with Gasteiger partial charge in [-0.05, 0) is 29.0 Å². The smallest absolute Gasteiger partial charge is 0.252 e. The number of carbonyl (C=O) groups excluding carboxylic acids is 1. The summed E-state index contributed by atoms with van der Waals surface area (Å²) >= 11 is 0. The lowest BCUT2D eigenvalue weighted by atomic mass is 10.1. The van der Waals surface area contributed by atoms with E-state index in [4.69, 9.17) is 11.5 Å². The van der Waals surface area contributed by atoms with Crippen LogP contribution in [-0.2, 0) is 0 Å². The summed E-state index contributed by atoms with van der Waals surface area (Å²) in [5.41, 5.74) is 12.5. The molecule has 3 rings (SSSR count). The fourth-order valence-electron chi connectivity index (χ4n) is 2.17. The van der Waals surface area contributed by atoms with Crippen molar-refractivity contribution in [3.8, 4) is 0 Å².